The van der Waals surface area contributed by atoms with E-state index in [0.717, 1.165) is 49.0 Å². The molecule has 1 unspecified atom stereocenters. The van der Waals surface area contributed by atoms with Crippen LogP contribution in [-0.2, 0) is 38.1 Å². The number of rotatable bonds is 25. The molecule has 2 fully saturated rings. The van der Waals surface area contributed by atoms with E-state index >= 15 is 0 Å². The van der Waals surface area contributed by atoms with Crippen LogP contribution in [0.1, 0.15) is 58.8 Å². The molecule has 5 N–H and O–H groups in total. The van der Waals surface area contributed by atoms with Gasteiger partial charge in [0.05, 0.1) is 65.5 Å². The number of hydrogen-bond donors (Lipinski definition) is 5. The number of ether oxygens (including phenoxy) is 5. The minimum absolute atomic E-state index is 0.0173. The fourth-order valence-electron chi connectivity index (χ4n) is 6.59. The number of hydrogen-bond acceptors (Lipinski definition) is 12. The van der Waals surface area contributed by atoms with Crippen molar-refractivity contribution in [3.63, 3.8) is 0 Å². The van der Waals surface area contributed by atoms with Crippen LogP contribution in [0.3, 0.4) is 0 Å². The third kappa shape index (κ3) is 15.0. The van der Waals surface area contributed by atoms with Crippen molar-refractivity contribution >= 4 is 45.2 Å². The van der Waals surface area contributed by atoms with Crippen LogP contribution in [0, 0.1) is 5.92 Å². The van der Waals surface area contributed by atoms with Gasteiger partial charge in [-0.15, -0.1) is 0 Å². The second kappa shape index (κ2) is 25.5. The number of likely N-dealkylation sites (N-methyl/N-ethyl adjacent to an activating group) is 1. The summed E-state index contributed by atoms with van der Waals surface area (Å²) in [4.78, 5) is 60.1. The topological polar surface area (TPSA) is 191 Å². The molecule has 1 aliphatic heterocycles. The van der Waals surface area contributed by atoms with Gasteiger partial charge in [0.1, 0.15) is 22.8 Å². The number of anilines is 2. The van der Waals surface area contributed by atoms with Gasteiger partial charge in [-0.2, -0.15) is 0 Å². The standard InChI is InChI=1S/C39H61N7O9S/c1-4-51-20-21-53-24-25-55-27-26-54-23-22-52-19-17-41-38(50)45-39-43-32(29-12-7-5-8-13-29)36(56-39)44-35(48)31-16-11-18-46(31)37(49)33(30-14-9-6-10-15-30)42-34(47)28(2)40-3/h5,7-8,12-13,28,30-31,33,40H,4,6,9-11,14-27H2,1-3H3,(H,42,47)(H,44,48)(H2,41,43,45,50)/t28-,31?,33-/m0/s1. The highest BCUT2D eigenvalue weighted by Crippen LogP contribution is 2.37. The molecular weight excluding hydrogens is 743 g/mol. The first-order valence-electron chi connectivity index (χ1n) is 19.9. The van der Waals surface area contributed by atoms with Gasteiger partial charge in [0.2, 0.25) is 17.7 Å². The van der Waals surface area contributed by atoms with Crippen molar-refractivity contribution in [1.29, 1.82) is 0 Å². The zero-order valence-electron chi connectivity index (χ0n) is 33.1. The van der Waals surface area contributed by atoms with Crippen LogP contribution in [0.5, 0.6) is 0 Å². The molecule has 1 saturated carbocycles. The first-order valence-corrected chi connectivity index (χ1v) is 20.7. The first-order chi connectivity index (χ1) is 27.3. The Labute approximate surface area is 334 Å². The van der Waals surface area contributed by atoms with E-state index in [4.69, 9.17) is 23.7 Å². The van der Waals surface area contributed by atoms with Gasteiger partial charge in [0.25, 0.3) is 0 Å². The minimum Gasteiger partial charge on any atom is -0.379 e. The minimum atomic E-state index is -0.711. The summed E-state index contributed by atoms with van der Waals surface area (Å²) in [6.07, 6.45) is 6.00. The van der Waals surface area contributed by atoms with E-state index in [1.165, 1.54) is 0 Å². The number of urea groups is 1. The second-order valence-electron chi connectivity index (χ2n) is 13.7. The number of benzene rings is 1. The van der Waals surface area contributed by atoms with E-state index in [0.29, 0.717) is 94.7 Å². The predicted octanol–water partition coefficient (Wildman–Crippen LogP) is 3.64. The number of amides is 5. The van der Waals surface area contributed by atoms with Crippen LogP contribution in [0.25, 0.3) is 11.3 Å². The Morgan fingerprint density at radius 3 is 2.07 bits per heavy atom. The van der Waals surface area contributed by atoms with Gasteiger partial charge in [-0.1, -0.05) is 60.9 Å². The molecular formula is C39H61N7O9S. The summed E-state index contributed by atoms with van der Waals surface area (Å²) in [6, 6.07) is 7.04. The summed E-state index contributed by atoms with van der Waals surface area (Å²) in [6.45, 7) is 9.17. The molecule has 1 aromatic heterocycles. The van der Waals surface area contributed by atoms with Gasteiger partial charge >= 0.3 is 6.03 Å². The van der Waals surface area contributed by atoms with Gasteiger partial charge in [-0.05, 0) is 52.5 Å². The summed E-state index contributed by atoms with van der Waals surface area (Å²) >= 11 is 1.13. The fourth-order valence-corrected chi connectivity index (χ4v) is 7.47. The van der Waals surface area contributed by atoms with Crippen molar-refractivity contribution < 1.29 is 42.9 Å². The average molecular weight is 804 g/mol. The Hall–Kier alpha value is -3.71. The van der Waals surface area contributed by atoms with Crippen molar-refractivity contribution in [3.8, 4) is 11.3 Å². The van der Waals surface area contributed by atoms with E-state index in [-0.39, 0.29) is 36.8 Å². The highest BCUT2D eigenvalue weighted by molar-refractivity contribution is 7.20. The molecule has 2 aliphatic rings. The lowest BCUT2D eigenvalue weighted by atomic mass is 9.83. The zero-order chi connectivity index (χ0) is 40.0. The molecule has 2 heterocycles. The zero-order valence-corrected chi connectivity index (χ0v) is 33.9. The van der Waals surface area contributed by atoms with E-state index in [2.05, 4.69) is 31.6 Å². The predicted molar refractivity (Wildman–Crippen MR) is 215 cm³/mol. The van der Waals surface area contributed by atoms with E-state index in [1.807, 2.05) is 37.3 Å². The van der Waals surface area contributed by atoms with E-state index < -0.39 is 24.2 Å². The van der Waals surface area contributed by atoms with E-state index in [1.54, 1.807) is 18.9 Å². The van der Waals surface area contributed by atoms with Gasteiger partial charge in [-0.3, -0.25) is 19.7 Å². The second-order valence-corrected chi connectivity index (χ2v) is 14.7. The lowest BCUT2D eigenvalue weighted by Gasteiger charge is -2.35. The quantitative estimate of drug-likeness (QED) is 0.0922. The molecule has 1 aromatic carbocycles. The monoisotopic (exact) mass is 803 g/mol. The molecule has 0 bridgehead atoms. The van der Waals surface area contributed by atoms with Gasteiger partial charge < -0.3 is 49.9 Å². The molecule has 3 atom stereocenters. The molecule has 0 radical (unpaired) electrons. The summed E-state index contributed by atoms with van der Waals surface area (Å²) < 4.78 is 27.1. The molecule has 2 aromatic rings. The van der Waals surface area contributed by atoms with Crippen LogP contribution < -0.4 is 26.6 Å². The number of nitrogens with one attached hydrogen (secondary N) is 5. The summed E-state index contributed by atoms with van der Waals surface area (Å²) in [5.41, 5.74) is 1.26. The van der Waals surface area contributed by atoms with Crippen LogP contribution in [0.4, 0.5) is 14.9 Å². The van der Waals surface area contributed by atoms with Crippen LogP contribution >= 0.6 is 11.3 Å². The fraction of sp³-hybridized carbons (Fsp3) is 0.667. The Morgan fingerprint density at radius 2 is 1.45 bits per heavy atom. The van der Waals surface area contributed by atoms with Gasteiger partial charge in [0.15, 0.2) is 5.13 Å². The maximum atomic E-state index is 14.1. The Bertz CT molecular complexity index is 1480. The van der Waals surface area contributed by atoms with Crippen molar-refractivity contribution in [2.24, 2.45) is 5.92 Å². The summed E-state index contributed by atoms with van der Waals surface area (Å²) in [5, 5.41) is 15.3. The van der Waals surface area contributed by atoms with Crippen molar-refractivity contribution in [2.45, 2.75) is 76.9 Å². The number of thiazole rings is 1. The molecule has 1 aliphatic carbocycles. The lowest BCUT2D eigenvalue weighted by molar-refractivity contribution is -0.142. The molecule has 4 rings (SSSR count). The maximum absolute atomic E-state index is 14.1. The molecule has 1 saturated heterocycles. The van der Waals surface area contributed by atoms with E-state index in [9.17, 15) is 19.2 Å². The third-order valence-corrected chi connectivity index (χ3v) is 10.6. The van der Waals surface area contributed by atoms with Gasteiger partial charge in [-0.25, -0.2) is 9.78 Å². The maximum Gasteiger partial charge on any atom is 0.321 e. The molecule has 16 nitrogen and oxygen atoms in total. The van der Waals surface area contributed by atoms with Crippen LogP contribution in [0.2, 0.25) is 0 Å². The Kier molecular flexibility index (Phi) is 20.5. The van der Waals surface area contributed by atoms with Crippen molar-refractivity contribution in [2.75, 3.05) is 96.8 Å². The number of carbonyl (C=O) groups excluding carboxylic acids is 4. The highest BCUT2D eigenvalue weighted by Gasteiger charge is 2.41. The summed E-state index contributed by atoms with van der Waals surface area (Å²) in [5.74, 6) is -0.772. The normalized spacial score (nSPS) is 17.0. The number of aromatic nitrogens is 1. The molecule has 5 amide bonds. The van der Waals surface area contributed by atoms with Crippen molar-refractivity contribution in [3.05, 3.63) is 30.3 Å². The van der Waals surface area contributed by atoms with Crippen LogP contribution in [0.15, 0.2) is 30.3 Å². The SMILES string of the molecule is CCOCCOCCOCCOCCOCCNC(=O)Nc1nc(-c2ccccc2)c(NC(=O)C2CCCN2C(=O)[C@@H](NC(=O)[C@H](C)NC)C2CCCCC2)s1. The van der Waals surface area contributed by atoms with Crippen molar-refractivity contribution in [1.82, 2.24) is 25.8 Å². The lowest BCUT2D eigenvalue weighted by Crippen LogP contribution is -2.57. The largest absolute Gasteiger partial charge is 0.379 e. The summed E-state index contributed by atoms with van der Waals surface area (Å²) in [7, 11) is 1.71. The Morgan fingerprint density at radius 1 is 0.821 bits per heavy atom. The number of likely N-dealkylation sites (tertiary alicyclic amines) is 1. The number of nitrogens with zero attached hydrogens (tertiary/aromatic N) is 2. The average Bonchev–Trinajstić information content (AvgIpc) is 3.87. The molecule has 17 heteroatoms. The van der Waals surface area contributed by atoms with Crippen LogP contribution in [-0.4, -0.2) is 138 Å². The van der Waals surface area contributed by atoms with Gasteiger partial charge in [0, 0.05) is 25.3 Å². The molecule has 56 heavy (non-hydrogen) atoms. The smallest absolute Gasteiger partial charge is 0.321 e. The molecule has 0 spiro atoms. The molecule has 312 valence electrons. The number of carbonyl (C=O) groups is 4. The highest BCUT2D eigenvalue weighted by atomic mass is 32.1. The third-order valence-electron chi connectivity index (χ3n) is 9.71. The Balaban J connectivity index is 1.25. The first kappa shape index (κ1) is 45.0.